The van der Waals surface area contributed by atoms with Gasteiger partial charge < -0.3 is 9.64 Å². The van der Waals surface area contributed by atoms with E-state index in [2.05, 4.69) is 20.7 Å². The minimum absolute atomic E-state index is 0.131. The average Bonchev–Trinajstić information content (AvgIpc) is 2.25. The number of esters is 2. The van der Waals surface area contributed by atoms with E-state index < -0.39 is 23.7 Å². The van der Waals surface area contributed by atoms with Crippen molar-refractivity contribution < 1.29 is 27.5 Å². The van der Waals surface area contributed by atoms with Crippen LogP contribution in [0.25, 0.3) is 0 Å². The van der Waals surface area contributed by atoms with Crippen LogP contribution in [0.4, 0.5) is 18.9 Å². The zero-order valence-corrected chi connectivity index (χ0v) is 10.9. The first-order chi connectivity index (χ1) is 8.75. The lowest BCUT2D eigenvalue weighted by atomic mass is 10.1. The molecular formula is C11H7BrF3NO3. The maximum atomic E-state index is 12.7. The third-order valence-corrected chi connectivity index (χ3v) is 2.90. The first-order valence-electron chi connectivity index (χ1n) is 5.12. The van der Waals surface area contributed by atoms with Crippen molar-refractivity contribution in [3.63, 3.8) is 0 Å². The number of anilines is 1. The normalized spacial score (nSPS) is 16.5. The lowest BCUT2D eigenvalue weighted by molar-refractivity contribution is -0.160. The number of alkyl halides is 3. The van der Waals surface area contributed by atoms with Crippen LogP contribution in [0, 0.1) is 0 Å². The van der Waals surface area contributed by atoms with E-state index in [0.29, 0.717) is 0 Å². The molecule has 8 heteroatoms. The standard InChI is InChI=1S/C11H7BrF3NO3/c12-7-1-6(11(13,14)15)2-8(3-7)16-4-9(17)19-10(18)5-16/h1-3H,4-5H2. The number of rotatable bonds is 1. The molecule has 1 aromatic rings. The fourth-order valence-corrected chi connectivity index (χ4v) is 2.14. The molecule has 0 atom stereocenters. The third-order valence-electron chi connectivity index (χ3n) is 2.44. The van der Waals surface area contributed by atoms with Gasteiger partial charge in [0.25, 0.3) is 0 Å². The molecule has 1 aliphatic heterocycles. The Morgan fingerprint density at radius 1 is 1.11 bits per heavy atom. The molecule has 0 aromatic heterocycles. The monoisotopic (exact) mass is 337 g/mol. The van der Waals surface area contributed by atoms with Crippen LogP contribution < -0.4 is 4.90 Å². The van der Waals surface area contributed by atoms with Gasteiger partial charge in [0.2, 0.25) is 0 Å². The number of carbonyl (C=O) groups is 2. The van der Waals surface area contributed by atoms with Gasteiger partial charge in [-0.15, -0.1) is 0 Å². The smallest absolute Gasteiger partial charge is 0.390 e. The summed E-state index contributed by atoms with van der Waals surface area (Å²) in [7, 11) is 0. The average molecular weight is 338 g/mol. The van der Waals surface area contributed by atoms with E-state index in [1.54, 1.807) is 0 Å². The number of halogens is 4. The van der Waals surface area contributed by atoms with Crippen molar-refractivity contribution >= 4 is 33.6 Å². The van der Waals surface area contributed by atoms with Crippen molar-refractivity contribution in [2.24, 2.45) is 0 Å². The van der Waals surface area contributed by atoms with Crippen LogP contribution in [0.3, 0.4) is 0 Å². The Balaban J connectivity index is 2.37. The van der Waals surface area contributed by atoms with Crippen LogP contribution in [0.5, 0.6) is 0 Å². The summed E-state index contributed by atoms with van der Waals surface area (Å²) < 4.78 is 42.5. The van der Waals surface area contributed by atoms with Gasteiger partial charge in [-0.25, -0.2) is 9.59 Å². The molecule has 19 heavy (non-hydrogen) atoms. The molecule has 1 heterocycles. The fourth-order valence-electron chi connectivity index (χ4n) is 1.66. The number of cyclic esters (lactones) is 2. The van der Waals surface area contributed by atoms with E-state index in [0.717, 1.165) is 12.1 Å². The molecule has 1 fully saturated rings. The van der Waals surface area contributed by atoms with Crippen LogP contribution in [0.1, 0.15) is 5.56 Å². The highest BCUT2D eigenvalue weighted by molar-refractivity contribution is 9.10. The van der Waals surface area contributed by atoms with Crippen LogP contribution in [0.15, 0.2) is 22.7 Å². The van der Waals surface area contributed by atoms with Crippen molar-refractivity contribution in [2.75, 3.05) is 18.0 Å². The van der Waals surface area contributed by atoms with E-state index in [4.69, 9.17) is 0 Å². The number of ether oxygens (including phenoxy) is 1. The number of benzene rings is 1. The van der Waals surface area contributed by atoms with Crippen molar-refractivity contribution in [3.05, 3.63) is 28.2 Å². The van der Waals surface area contributed by atoms with Gasteiger partial charge in [0.1, 0.15) is 13.1 Å². The van der Waals surface area contributed by atoms with E-state index in [1.807, 2.05) is 0 Å². The molecule has 0 radical (unpaired) electrons. The molecule has 1 saturated heterocycles. The number of hydrogen-bond donors (Lipinski definition) is 0. The van der Waals surface area contributed by atoms with E-state index >= 15 is 0 Å². The molecule has 0 saturated carbocycles. The van der Waals surface area contributed by atoms with Crippen LogP contribution in [-0.2, 0) is 20.5 Å². The largest absolute Gasteiger partial charge is 0.416 e. The highest BCUT2D eigenvalue weighted by Crippen LogP contribution is 2.34. The Labute approximate surface area is 114 Å². The van der Waals surface area contributed by atoms with Gasteiger partial charge >= 0.3 is 18.1 Å². The van der Waals surface area contributed by atoms with Gasteiger partial charge in [0.05, 0.1) is 5.56 Å². The lowest BCUT2D eigenvalue weighted by Crippen LogP contribution is -2.43. The van der Waals surface area contributed by atoms with E-state index in [9.17, 15) is 22.8 Å². The predicted octanol–water partition coefficient (Wildman–Crippen LogP) is 2.36. The Morgan fingerprint density at radius 2 is 1.68 bits per heavy atom. The second-order valence-electron chi connectivity index (χ2n) is 3.90. The molecule has 0 spiro atoms. The fraction of sp³-hybridized carbons (Fsp3) is 0.273. The zero-order chi connectivity index (χ0) is 14.2. The molecule has 0 aliphatic carbocycles. The summed E-state index contributed by atoms with van der Waals surface area (Å²) in [5, 5.41) is 0. The molecule has 0 amide bonds. The molecule has 102 valence electrons. The third kappa shape index (κ3) is 3.25. The summed E-state index contributed by atoms with van der Waals surface area (Å²) in [5.41, 5.74) is -0.727. The Bertz CT molecular complexity index is 528. The molecule has 0 N–H and O–H groups in total. The topological polar surface area (TPSA) is 46.6 Å². The summed E-state index contributed by atoms with van der Waals surface area (Å²) in [6.45, 7) is -0.529. The van der Waals surface area contributed by atoms with Gasteiger partial charge in [-0.2, -0.15) is 13.2 Å². The molecule has 2 rings (SSSR count). The minimum Gasteiger partial charge on any atom is -0.390 e. The number of nitrogens with zero attached hydrogens (tertiary/aromatic N) is 1. The molecular weight excluding hydrogens is 331 g/mol. The quantitative estimate of drug-likeness (QED) is 0.583. The van der Waals surface area contributed by atoms with Crippen molar-refractivity contribution in [3.8, 4) is 0 Å². The molecule has 1 aromatic carbocycles. The summed E-state index contributed by atoms with van der Waals surface area (Å²) in [4.78, 5) is 23.4. The maximum absolute atomic E-state index is 12.7. The van der Waals surface area contributed by atoms with Crippen molar-refractivity contribution in [1.82, 2.24) is 0 Å². The molecule has 0 bridgehead atoms. The predicted molar refractivity (Wildman–Crippen MR) is 62.5 cm³/mol. The van der Waals surface area contributed by atoms with Gasteiger partial charge in [-0.05, 0) is 18.2 Å². The van der Waals surface area contributed by atoms with Crippen LogP contribution in [-0.4, -0.2) is 25.0 Å². The van der Waals surface area contributed by atoms with Crippen molar-refractivity contribution in [1.29, 1.82) is 0 Å². The van der Waals surface area contributed by atoms with Crippen LogP contribution >= 0.6 is 15.9 Å². The second-order valence-corrected chi connectivity index (χ2v) is 4.81. The summed E-state index contributed by atoms with van der Waals surface area (Å²) in [6.07, 6.45) is -4.50. The Morgan fingerprint density at radius 3 is 2.21 bits per heavy atom. The van der Waals surface area contributed by atoms with E-state index in [-0.39, 0.29) is 23.2 Å². The zero-order valence-electron chi connectivity index (χ0n) is 9.33. The summed E-state index contributed by atoms with van der Waals surface area (Å²) in [6, 6.07) is 3.21. The highest BCUT2D eigenvalue weighted by atomic mass is 79.9. The Kier molecular flexibility index (Phi) is 3.53. The Hall–Kier alpha value is -1.57. The minimum atomic E-state index is -4.50. The first-order valence-corrected chi connectivity index (χ1v) is 5.91. The maximum Gasteiger partial charge on any atom is 0.416 e. The molecule has 1 aliphatic rings. The second kappa shape index (κ2) is 4.84. The molecule has 4 nitrogen and oxygen atoms in total. The number of morpholine rings is 1. The summed E-state index contributed by atoms with van der Waals surface area (Å²) >= 11 is 2.97. The lowest BCUT2D eigenvalue weighted by Gasteiger charge is -2.27. The van der Waals surface area contributed by atoms with Crippen LogP contribution in [0.2, 0.25) is 0 Å². The van der Waals surface area contributed by atoms with Gasteiger partial charge in [-0.3, -0.25) is 0 Å². The van der Waals surface area contributed by atoms with E-state index in [1.165, 1.54) is 11.0 Å². The first kappa shape index (κ1) is 13.9. The van der Waals surface area contributed by atoms with Gasteiger partial charge in [0, 0.05) is 10.2 Å². The SMILES string of the molecule is O=C1CN(c2cc(Br)cc(C(F)(F)F)c2)CC(=O)O1. The van der Waals surface area contributed by atoms with Crippen molar-refractivity contribution in [2.45, 2.75) is 6.18 Å². The highest BCUT2D eigenvalue weighted by Gasteiger charge is 2.32. The summed E-state index contributed by atoms with van der Waals surface area (Å²) in [5.74, 6) is -1.57. The number of hydrogen-bond acceptors (Lipinski definition) is 4. The number of carbonyl (C=O) groups excluding carboxylic acids is 2. The van der Waals surface area contributed by atoms with Gasteiger partial charge in [-0.1, -0.05) is 15.9 Å². The van der Waals surface area contributed by atoms with Gasteiger partial charge in [0.15, 0.2) is 0 Å². The molecule has 0 unspecified atom stereocenters.